The van der Waals surface area contributed by atoms with Gasteiger partial charge in [-0.3, -0.25) is 9.78 Å². The van der Waals surface area contributed by atoms with Crippen molar-refractivity contribution in [2.24, 2.45) is 0 Å². The van der Waals surface area contributed by atoms with Crippen molar-refractivity contribution in [1.82, 2.24) is 4.98 Å². The average molecular weight is 262 g/mol. The summed E-state index contributed by atoms with van der Waals surface area (Å²) < 4.78 is 4.61. The minimum atomic E-state index is -0.194. The van der Waals surface area contributed by atoms with E-state index in [4.69, 9.17) is 5.73 Å². The molecule has 1 aromatic carbocycles. The molecular weight excluding hydrogens is 248 g/mol. The van der Waals surface area contributed by atoms with Crippen molar-refractivity contribution < 1.29 is 9.53 Å². The van der Waals surface area contributed by atoms with E-state index in [0.717, 1.165) is 15.8 Å². The van der Waals surface area contributed by atoms with Crippen LogP contribution in [0.2, 0.25) is 0 Å². The number of aromatic nitrogens is 1. The molecule has 2 aromatic rings. The maximum atomic E-state index is 11.1. The van der Waals surface area contributed by atoms with E-state index in [-0.39, 0.29) is 5.97 Å². The molecule has 2 N–H and O–H groups in total. The number of fused-ring (bicyclic) bond motifs is 1. The van der Waals surface area contributed by atoms with Gasteiger partial charge in [0.05, 0.1) is 24.7 Å². The van der Waals surface area contributed by atoms with Gasteiger partial charge in [-0.15, -0.1) is 11.8 Å². The van der Waals surface area contributed by atoms with Gasteiger partial charge in [0.15, 0.2) is 0 Å². The van der Waals surface area contributed by atoms with Crippen molar-refractivity contribution in [3.63, 3.8) is 0 Å². The highest BCUT2D eigenvalue weighted by Gasteiger charge is 2.06. The quantitative estimate of drug-likeness (QED) is 0.521. The highest BCUT2D eigenvalue weighted by molar-refractivity contribution is 7.99. The number of hydrogen-bond donors (Lipinski definition) is 1. The van der Waals surface area contributed by atoms with E-state index < -0.39 is 0 Å². The smallest absolute Gasteiger partial charge is 0.306 e. The molecule has 0 atom stereocenters. The van der Waals surface area contributed by atoms with Gasteiger partial charge in [0, 0.05) is 22.2 Å². The zero-order valence-corrected chi connectivity index (χ0v) is 10.9. The zero-order valence-electron chi connectivity index (χ0n) is 10.1. The number of anilines is 1. The van der Waals surface area contributed by atoms with Crippen molar-refractivity contribution in [3.8, 4) is 0 Å². The average Bonchev–Trinajstić information content (AvgIpc) is 2.41. The normalized spacial score (nSPS) is 10.5. The van der Waals surface area contributed by atoms with E-state index in [0.29, 0.717) is 17.9 Å². The fourth-order valence-electron chi connectivity index (χ4n) is 1.64. The van der Waals surface area contributed by atoms with Gasteiger partial charge in [0.1, 0.15) is 0 Å². The Balaban J connectivity index is 2.18. The number of ether oxygens (including phenoxy) is 1. The summed E-state index contributed by atoms with van der Waals surface area (Å²) in [5.74, 6) is 0.487. The predicted molar refractivity (Wildman–Crippen MR) is 73.5 cm³/mol. The van der Waals surface area contributed by atoms with Gasteiger partial charge >= 0.3 is 5.97 Å². The second-order valence-corrected chi connectivity index (χ2v) is 4.86. The molecule has 18 heavy (non-hydrogen) atoms. The van der Waals surface area contributed by atoms with Crippen LogP contribution in [0.25, 0.3) is 10.9 Å². The molecule has 0 aliphatic rings. The molecule has 0 fully saturated rings. The van der Waals surface area contributed by atoms with Gasteiger partial charge in [-0.25, -0.2) is 0 Å². The van der Waals surface area contributed by atoms with E-state index in [9.17, 15) is 4.79 Å². The number of hydrogen-bond acceptors (Lipinski definition) is 5. The lowest BCUT2D eigenvalue weighted by atomic mass is 10.2. The lowest BCUT2D eigenvalue weighted by molar-refractivity contribution is -0.140. The monoisotopic (exact) mass is 262 g/mol. The molecule has 0 spiro atoms. The Morgan fingerprint density at radius 1 is 1.44 bits per heavy atom. The second-order valence-electron chi connectivity index (χ2n) is 3.73. The van der Waals surface area contributed by atoms with Gasteiger partial charge in [0.2, 0.25) is 0 Å². The third-order valence-electron chi connectivity index (χ3n) is 2.55. The van der Waals surface area contributed by atoms with Crippen molar-refractivity contribution in [3.05, 3.63) is 30.5 Å². The van der Waals surface area contributed by atoms with Gasteiger partial charge < -0.3 is 10.5 Å². The summed E-state index contributed by atoms with van der Waals surface area (Å²) in [7, 11) is 1.40. The van der Waals surface area contributed by atoms with Crippen LogP contribution in [0.4, 0.5) is 5.69 Å². The molecule has 0 bridgehead atoms. The first-order valence-corrected chi connectivity index (χ1v) is 6.53. The molecule has 5 heteroatoms. The molecule has 2 rings (SSSR count). The lowest BCUT2D eigenvalue weighted by Crippen LogP contribution is -2.01. The van der Waals surface area contributed by atoms with Crippen molar-refractivity contribution in [1.29, 1.82) is 0 Å². The van der Waals surface area contributed by atoms with Crippen LogP contribution in [-0.2, 0) is 9.53 Å². The van der Waals surface area contributed by atoms with Crippen molar-refractivity contribution in [2.45, 2.75) is 11.3 Å². The summed E-state index contributed by atoms with van der Waals surface area (Å²) in [6.45, 7) is 0. The summed E-state index contributed by atoms with van der Waals surface area (Å²) in [5.41, 5.74) is 7.35. The number of benzene rings is 1. The number of pyridine rings is 1. The summed E-state index contributed by atoms with van der Waals surface area (Å²) in [4.78, 5) is 16.4. The number of nitrogen functional groups attached to an aromatic ring is 1. The molecule has 1 aromatic heterocycles. The molecule has 0 aliphatic carbocycles. The van der Waals surface area contributed by atoms with Gasteiger partial charge in [-0.05, 0) is 18.2 Å². The number of carbonyl (C=O) groups is 1. The third kappa shape index (κ3) is 2.73. The van der Waals surface area contributed by atoms with Crippen LogP contribution in [0.3, 0.4) is 0 Å². The van der Waals surface area contributed by atoms with Crippen LogP contribution in [0.5, 0.6) is 0 Å². The lowest BCUT2D eigenvalue weighted by Gasteiger charge is -2.07. The van der Waals surface area contributed by atoms with E-state index in [1.165, 1.54) is 7.11 Å². The van der Waals surface area contributed by atoms with E-state index >= 15 is 0 Å². The SMILES string of the molecule is COC(=O)CCSc1ccc(N)c2ncccc12. The number of rotatable bonds is 4. The van der Waals surface area contributed by atoms with E-state index in [1.54, 1.807) is 18.0 Å². The number of esters is 1. The fraction of sp³-hybridized carbons (Fsp3) is 0.231. The Bertz CT molecular complexity index is 572. The fourth-order valence-corrected chi connectivity index (χ4v) is 2.61. The summed E-state index contributed by atoms with van der Waals surface area (Å²) in [5, 5.41) is 1.02. The molecular formula is C13H14N2O2S. The molecule has 0 radical (unpaired) electrons. The first-order chi connectivity index (χ1) is 8.72. The number of nitrogens with zero attached hydrogens (tertiary/aromatic N) is 1. The molecule has 1 heterocycles. The van der Waals surface area contributed by atoms with Crippen LogP contribution in [0.15, 0.2) is 35.4 Å². The van der Waals surface area contributed by atoms with Gasteiger partial charge in [-0.2, -0.15) is 0 Å². The van der Waals surface area contributed by atoms with Crippen LogP contribution >= 0.6 is 11.8 Å². The van der Waals surface area contributed by atoms with Crippen LogP contribution in [0, 0.1) is 0 Å². The molecule has 0 unspecified atom stereocenters. The summed E-state index contributed by atoms with van der Waals surface area (Å²) in [6, 6.07) is 7.67. The Morgan fingerprint density at radius 2 is 2.28 bits per heavy atom. The maximum Gasteiger partial charge on any atom is 0.306 e. The molecule has 4 nitrogen and oxygen atoms in total. The molecule has 0 saturated carbocycles. The molecule has 94 valence electrons. The zero-order chi connectivity index (χ0) is 13.0. The first kappa shape index (κ1) is 12.7. The topological polar surface area (TPSA) is 65.2 Å². The molecule has 0 aliphatic heterocycles. The number of methoxy groups -OCH3 is 1. The first-order valence-electron chi connectivity index (χ1n) is 5.55. The molecule has 0 amide bonds. The summed E-state index contributed by atoms with van der Waals surface area (Å²) >= 11 is 1.61. The molecule has 0 saturated heterocycles. The Morgan fingerprint density at radius 3 is 3.06 bits per heavy atom. The Hall–Kier alpha value is -1.75. The van der Waals surface area contributed by atoms with E-state index in [1.807, 2.05) is 24.3 Å². The van der Waals surface area contributed by atoms with Crippen molar-refractivity contribution in [2.75, 3.05) is 18.6 Å². The minimum absolute atomic E-state index is 0.194. The van der Waals surface area contributed by atoms with Crippen LogP contribution < -0.4 is 5.73 Å². The highest BCUT2D eigenvalue weighted by atomic mass is 32.2. The standard InChI is InChI=1S/C13H14N2O2S/c1-17-12(16)6-8-18-11-5-4-10(14)13-9(11)3-2-7-15-13/h2-5,7H,6,8,14H2,1H3. The number of nitrogens with two attached hydrogens (primary N) is 1. The number of carbonyl (C=O) groups excluding carboxylic acids is 1. The summed E-state index contributed by atoms with van der Waals surface area (Å²) in [6.07, 6.45) is 2.12. The maximum absolute atomic E-state index is 11.1. The van der Waals surface area contributed by atoms with Crippen molar-refractivity contribution >= 4 is 34.3 Å². The second kappa shape index (κ2) is 5.73. The largest absolute Gasteiger partial charge is 0.469 e. The van der Waals surface area contributed by atoms with Gasteiger partial charge in [0.25, 0.3) is 0 Å². The highest BCUT2D eigenvalue weighted by Crippen LogP contribution is 2.30. The third-order valence-corrected chi connectivity index (χ3v) is 3.63. The van der Waals surface area contributed by atoms with Gasteiger partial charge in [-0.1, -0.05) is 6.07 Å². The minimum Gasteiger partial charge on any atom is -0.469 e. The van der Waals surface area contributed by atoms with Crippen LogP contribution in [-0.4, -0.2) is 23.8 Å². The predicted octanol–water partition coefficient (Wildman–Crippen LogP) is 2.47. The Kier molecular flexibility index (Phi) is 4.04. The Labute approximate surface area is 110 Å². The number of thioether (sulfide) groups is 1. The van der Waals surface area contributed by atoms with E-state index in [2.05, 4.69) is 9.72 Å². The van der Waals surface area contributed by atoms with Crippen LogP contribution in [0.1, 0.15) is 6.42 Å².